The fourth-order valence-corrected chi connectivity index (χ4v) is 2.92. The van der Waals surface area contributed by atoms with Crippen LogP contribution >= 0.6 is 0 Å². The van der Waals surface area contributed by atoms with Crippen LogP contribution in [0, 0.1) is 0 Å². The maximum absolute atomic E-state index is 12.5. The van der Waals surface area contributed by atoms with Crippen LogP contribution in [-0.4, -0.2) is 35.0 Å². The molecule has 1 N–H and O–H groups in total. The number of likely N-dealkylation sites (N-methyl/N-ethyl adjacent to an activating group) is 1. The first-order valence-corrected chi connectivity index (χ1v) is 7.75. The van der Waals surface area contributed by atoms with Crippen LogP contribution in [0.4, 0.5) is 0 Å². The van der Waals surface area contributed by atoms with Crippen LogP contribution < -0.4 is 4.74 Å². The molecular formula is C17H22N2O2. The third-order valence-electron chi connectivity index (χ3n) is 4.04. The Bertz CT molecular complexity index is 643. The predicted octanol–water partition coefficient (Wildman–Crippen LogP) is 3.12. The number of benzene rings is 1. The molecule has 0 atom stereocenters. The molecule has 0 unspecified atom stereocenters. The highest BCUT2D eigenvalue weighted by atomic mass is 16.5. The summed E-state index contributed by atoms with van der Waals surface area (Å²) in [7, 11) is 0. The van der Waals surface area contributed by atoms with Gasteiger partial charge in [-0.1, -0.05) is 6.07 Å². The molecule has 1 aromatic carbocycles. The molecule has 3 rings (SSSR count). The van der Waals surface area contributed by atoms with Gasteiger partial charge in [-0.05, 0) is 44.4 Å². The molecule has 1 saturated carbocycles. The van der Waals surface area contributed by atoms with Crippen molar-refractivity contribution in [3.8, 4) is 5.75 Å². The number of rotatable bonds is 6. The lowest BCUT2D eigenvalue weighted by Gasteiger charge is -2.20. The van der Waals surface area contributed by atoms with Gasteiger partial charge in [-0.2, -0.15) is 0 Å². The van der Waals surface area contributed by atoms with Crippen LogP contribution in [-0.2, 0) is 11.2 Å². The maximum Gasteiger partial charge on any atom is 0.227 e. The smallest absolute Gasteiger partial charge is 0.227 e. The largest absolute Gasteiger partial charge is 0.493 e. The number of carbonyl (C=O) groups excluding carboxylic acids is 1. The third kappa shape index (κ3) is 2.75. The van der Waals surface area contributed by atoms with Crippen LogP contribution in [0.3, 0.4) is 0 Å². The summed E-state index contributed by atoms with van der Waals surface area (Å²) < 4.78 is 5.70. The van der Waals surface area contributed by atoms with Crippen LogP contribution in [0.5, 0.6) is 5.75 Å². The van der Waals surface area contributed by atoms with E-state index in [0.717, 1.165) is 41.6 Å². The Balaban J connectivity index is 1.88. The number of aromatic nitrogens is 1. The van der Waals surface area contributed by atoms with E-state index >= 15 is 0 Å². The van der Waals surface area contributed by atoms with Crippen molar-refractivity contribution in [2.75, 3.05) is 13.2 Å². The van der Waals surface area contributed by atoms with Gasteiger partial charge in [0, 0.05) is 29.7 Å². The van der Waals surface area contributed by atoms with E-state index in [1.54, 1.807) is 0 Å². The summed E-state index contributed by atoms with van der Waals surface area (Å²) in [5.41, 5.74) is 2.05. The standard InChI is InChI=1S/C17H22N2O2/c1-3-19(13-8-9-13)16(20)10-12-11-18-14-6-5-7-15(17(12)14)21-4-2/h5-7,11,13,18H,3-4,8-10H2,1-2H3. The number of aromatic amines is 1. The van der Waals surface area contributed by atoms with Crippen LogP contribution in [0.15, 0.2) is 24.4 Å². The maximum atomic E-state index is 12.5. The molecule has 1 aromatic heterocycles. The minimum Gasteiger partial charge on any atom is -0.493 e. The van der Waals surface area contributed by atoms with Crippen molar-refractivity contribution in [1.29, 1.82) is 0 Å². The molecule has 1 aliphatic carbocycles. The Kier molecular flexibility index (Phi) is 3.86. The second-order valence-electron chi connectivity index (χ2n) is 5.51. The highest BCUT2D eigenvalue weighted by Gasteiger charge is 2.31. The summed E-state index contributed by atoms with van der Waals surface area (Å²) in [5.74, 6) is 1.07. The molecule has 0 spiro atoms. The minimum atomic E-state index is 0.215. The molecular weight excluding hydrogens is 264 g/mol. The van der Waals surface area contributed by atoms with Gasteiger partial charge in [-0.15, -0.1) is 0 Å². The lowest BCUT2D eigenvalue weighted by molar-refractivity contribution is -0.130. The number of H-pyrrole nitrogens is 1. The van der Waals surface area contributed by atoms with E-state index in [2.05, 4.69) is 11.9 Å². The number of ether oxygens (including phenoxy) is 1. The van der Waals surface area contributed by atoms with E-state index in [1.165, 1.54) is 0 Å². The number of nitrogens with zero attached hydrogens (tertiary/aromatic N) is 1. The number of hydrogen-bond donors (Lipinski definition) is 1. The number of hydrogen-bond acceptors (Lipinski definition) is 2. The second-order valence-corrected chi connectivity index (χ2v) is 5.51. The highest BCUT2D eigenvalue weighted by molar-refractivity contribution is 5.93. The molecule has 112 valence electrons. The fraction of sp³-hybridized carbons (Fsp3) is 0.471. The molecule has 1 heterocycles. The first-order valence-electron chi connectivity index (χ1n) is 7.75. The van der Waals surface area contributed by atoms with Gasteiger partial charge in [0.1, 0.15) is 5.75 Å². The number of fused-ring (bicyclic) bond motifs is 1. The van der Waals surface area contributed by atoms with Gasteiger partial charge in [-0.3, -0.25) is 4.79 Å². The first kappa shape index (κ1) is 14.0. The summed E-state index contributed by atoms with van der Waals surface area (Å²) in [6, 6.07) is 6.42. The molecule has 4 nitrogen and oxygen atoms in total. The normalized spacial score (nSPS) is 14.4. The van der Waals surface area contributed by atoms with E-state index < -0.39 is 0 Å². The van der Waals surface area contributed by atoms with Crippen LogP contribution in [0.2, 0.25) is 0 Å². The molecule has 0 radical (unpaired) electrons. The molecule has 0 aliphatic heterocycles. The number of nitrogens with one attached hydrogen (secondary N) is 1. The topological polar surface area (TPSA) is 45.3 Å². The molecule has 0 saturated heterocycles. The quantitative estimate of drug-likeness (QED) is 0.886. The average Bonchev–Trinajstić information content (AvgIpc) is 3.22. The second kappa shape index (κ2) is 5.80. The Morgan fingerprint density at radius 2 is 2.19 bits per heavy atom. The summed E-state index contributed by atoms with van der Waals surface area (Å²) >= 11 is 0. The molecule has 21 heavy (non-hydrogen) atoms. The molecule has 4 heteroatoms. The van der Waals surface area contributed by atoms with Gasteiger partial charge in [-0.25, -0.2) is 0 Å². The summed E-state index contributed by atoms with van der Waals surface area (Å²) in [6.45, 7) is 5.45. The van der Waals surface area contributed by atoms with Gasteiger partial charge in [0.05, 0.1) is 13.0 Å². The van der Waals surface area contributed by atoms with E-state index in [9.17, 15) is 4.79 Å². The Hall–Kier alpha value is -1.97. The summed E-state index contributed by atoms with van der Waals surface area (Å²) in [4.78, 5) is 17.8. The SMILES string of the molecule is CCOc1cccc2[nH]cc(CC(=O)N(CC)C3CC3)c12. The molecule has 0 bridgehead atoms. The lowest BCUT2D eigenvalue weighted by Crippen LogP contribution is -2.33. The van der Waals surface area contributed by atoms with E-state index in [-0.39, 0.29) is 5.91 Å². The number of amides is 1. The molecule has 2 aromatic rings. The van der Waals surface area contributed by atoms with Crippen LogP contribution in [0.1, 0.15) is 32.3 Å². The van der Waals surface area contributed by atoms with Crippen LogP contribution in [0.25, 0.3) is 10.9 Å². The third-order valence-corrected chi connectivity index (χ3v) is 4.04. The first-order chi connectivity index (χ1) is 10.2. The predicted molar refractivity (Wildman–Crippen MR) is 83.6 cm³/mol. The summed E-state index contributed by atoms with van der Waals surface area (Å²) in [6.07, 6.45) is 4.68. The monoisotopic (exact) mass is 286 g/mol. The van der Waals surface area contributed by atoms with Gasteiger partial charge in [0.2, 0.25) is 5.91 Å². The molecule has 1 aliphatic rings. The van der Waals surface area contributed by atoms with Gasteiger partial charge < -0.3 is 14.6 Å². The van der Waals surface area contributed by atoms with Crippen molar-refractivity contribution < 1.29 is 9.53 Å². The van der Waals surface area contributed by atoms with E-state index in [1.807, 2.05) is 36.2 Å². The molecule has 1 amide bonds. The van der Waals surface area contributed by atoms with Gasteiger partial charge in [0.15, 0.2) is 0 Å². The lowest BCUT2D eigenvalue weighted by atomic mass is 10.1. The summed E-state index contributed by atoms with van der Waals surface area (Å²) in [5, 5.41) is 1.04. The van der Waals surface area contributed by atoms with Crippen molar-refractivity contribution in [3.63, 3.8) is 0 Å². The van der Waals surface area contributed by atoms with Crippen molar-refractivity contribution in [2.24, 2.45) is 0 Å². The van der Waals surface area contributed by atoms with E-state index in [0.29, 0.717) is 19.1 Å². The van der Waals surface area contributed by atoms with Crippen molar-refractivity contribution in [2.45, 2.75) is 39.2 Å². The number of carbonyl (C=O) groups is 1. The van der Waals surface area contributed by atoms with Crippen molar-refractivity contribution >= 4 is 16.8 Å². The minimum absolute atomic E-state index is 0.215. The van der Waals surface area contributed by atoms with Gasteiger partial charge >= 0.3 is 0 Å². The molecule has 1 fully saturated rings. The Morgan fingerprint density at radius 1 is 1.38 bits per heavy atom. The van der Waals surface area contributed by atoms with Crippen molar-refractivity contribution in [3.05, 3.63) is 30.0 Å². The Morgan fingerprint density at radius 3 is 2.86 bits per heavy atom. The zero-order valence-electron chi connectivity index (χ0n) is 12.7. The zero-order chi connectivity index (χ0) is 14.8. The average molecular weight is 286 g/mol. The van der Waals surface area contributed by atoms with Crippen molar-refractivity contribution in [1.82, 2.24) is 9.88 Å². The zero-order valence-corrected chi connectivity index (χ0v) is 12.7. The van der Waals surface area contributed by atoms with Gasteiger partial charge in [0.25, 0.3) is 0 Å². The van der Waals surface area contributed by atoms with E-state index in [4.69, 9.17) is 4.74 Å². The fourth-order valence-electron chi connectivity index (χ4n) is 2.92. The Labute approximate surface area is 125 Å². The highest BCUT2D eigenvalue weighted by Crippen LogP contribution is 2.31.